The Morgan fingerprint density at radius 2 is 2.08 bits per heavy atom. The fourth-order valence-electron chi connectivity index (χ4n) is 2.46. The molecule has 6 nitrogen and oxygen atoms in total. The van der Waals surface area contributed by atoms with Gasteiger partial charge in [-0.3, -0.25) is 4.99 Å². The Balaban J connectivity index is 0.00000338. The molecule has 0 atom stereocenters. The summed E-state index contributed by atoms with van der Waals surface area (Å²) in [6, 6.07) is 8.36. The average molecular weight is 474 g/mol. The molecule has 146 valence electrons. The zero-order valence-corrected chi connectivity index (χ0v) is 18.4. The van der Waals surface area contributed by atoms with E-state index in [0.29, 0.717) is 19.0 Å². The second-order valence-electron chi connectivity index (χ2n) is 7.35. The molecule has 0 unspecified atom stereocenters. The summed E-state index contributed by atoms with van der Waals surface area (Å²) in [4.78, 5) is 18.4. The van der Waals surface area contributed by atoms with E-state index in [1.807, 2.05) is 32.9 Å². The van der Waals surface area contributed by atoms with Gasteiger partial charge in [0.15, 0.2) is 5.96 Å². The summed E-state index contributed by atoms with van der Waals surface area (Å²) >= 11 is 0. The predicted octanol–water partition coefficient (Wildman–Crippen LogP) is 3.99. The molecule has 1 fully saturated rings. The number of amides is 1. The highest BCUT2D eigenvalue weighted by Crippen LogP contribution is 2.28. The van der Waals surface area contributed by atoms with Gasteiger partial charge in [-0.05, 0) is 57.7 Å². The molecule has 1 aliphatic carbocycles. The number of anilines is 1. The summed E-state index contributed by atoms with van der Waals surface area (Å²) in [6.45, 7) is 8.69. The van der Waals surface area contributed by atoms with Crippen LogP contribution in [0.4, 0.5) is 10.5 Å². The van der Waals surface area contributed by atoms with Crippen molar-refractivity contribution in [3.63, 3.8) is 0 Å². The molecule has 0 heterocycles. The minimum atomic E-state index is -0.488. The Hall–Kier alpha value is -1.51. The fourth-order valence-corrected chi connectivity index (χ4v) is 2.46. The Labute approximate surface area is 173 Å². The van der Waals surface area contributed by atoms with Gasteiger partial charge in [-0.2, -0.15) is 0 Å². The summed E-state index contributed by atoms with van der Waals surface area (Å²) in [6.07, 6.45) is 2.76. The molecule has 0 bridgehead atoms. The van der Waals surface area contributed by atoms with Crippen LogP contribution < -0.4 is 11.1 Å². The minimum Gasteiger partial charge on any atom is -0.444 e. The Kier molecular flexibility index (Phi) is 8.66. The topological polar surface area (TPSA) is 80.0 Å². The predicted molar refractivity (Wildman–Crippen MR) is 117 cm³/mol. The van der Waals surface area contributed by atoms with Crippen LogP contribution in [-0.2, 0) is 11.2 Å². The summed E-state index contributed by atoms with van der Waals surface area (Å²) in [5.41, 5.74) is 7.63. The second kappa shape index (κ2) is 9.99. The van der Waals surface area contributed by atoms with Crippen LogP contribution in [0.3, 0.4) is 0 Å². The lowest BCUT2D eigenvalue weighted by Crippen LogP contribution is -2.40. The molecule has 7 heteroatoms. The van der Waals surface area contributed by atoms with Crippen molar-refractivity contribution in [2.75, 3.05) is 18.4 Å². The highest BCUT2D eigenvalue weighted by atomic mass is 127. The average Bonchev–Trinajstić information content (AvgIpc) is 3.34. The van der Waals surface area contributed by atoms with Gasteiger partial charge < -0.3 is 20.7 Å². The van der Waals surface area contributed by atoms with Crippen LogP contribution in [0.5, 0.6) is 0 Å². The first kappa shape index (κ1) is 22.5. The number of benzene rings is 1. The van der Waals surface area contributed by atoms with Crippen molar-refractivity contribution in [3.05, 3.63) is 29.8 Å². The molecule has 0 spiro atoms. The van der Waals surface area contributed by atoms with Gasteiger partial charge in [0.2, 0.25) is 0 Å². The number of aryl methyl sites for hydroxylation is 1. The molecule has 1 aliphatic rings. The third kappa shape index (κ3) is 7.80. The third-order valence-corrected chi connectivity index (χ3v) is 3.85. The van der Waals surface area contributed by atoms with Crippen molar-refractivity contribution < 1.29 is 9.53 Å². The van der Waals surface area contributed by atoms with Gasteiger partial charge in [-0.25, -0.2) is 4.79 Å². The highest BCUT2D eigenvalue weighted by Gasteiger charge is 2.34. The monoisotopic (exact) mass is 474 g/mol. The minimum absolute atomic E-state index is 0. The zero-order chi connectivity index (χ0) is 18.4. The van der Waals surface area contributed by atoms with E-state index in [4.69, 9.17) is 10.5 Å². The lowest BCUT2D eigenvalue weighted by Gasteiger charge is -2.27. The number of nitrogens with two attached hydrogens (primary N) is 1. The number of ether oxygens (including phenoxy) is 1. The molecular formula is C19H31IN4O2. The van der Waals surface area contributed by atoms with Crippen molar-refractivity contribution in [2.45, 2.75) is 58.6 Å². The van der Waals surface area contributed by atoms with Crippen LogP contribution in [0.2, 0.25) is 0 Å². The Morgan fingerprint density at radius 3 is 2.65 bits per heavy atom. The van der Waals surface area contributed by atoms with Gasteiger partial charge >= 0.3 is 6.09 Å². The van der Waals surface area contributed by atoms with Crippen molar-refractivity contribution in [1.82, 2.24) is 4.90 Å². The number of hydrogen-bond donors (Lipinski definition) is 2. The van der Waals surface area contributed by atoms with Crippen LogP contribution in [0.25, 0.3) is 0 Å². The van der Waals surface area contributed by atoms with Crippen molar-refractivity contribution in [2.24, 2.45) is 10.7 Å². The number of halogens is 1. The number of aliphatic imine (C=N–C) groups is 1. The molecule has 0 aliphatic heterocycles. The number of guanidine groups is 1. The maximum Gasteiger partial charge on any atom is 0.410 e. The van der Waals surface area contributed by atoms with E-state index < -0.39 is 5.60 Å². The van der Waals surface area contributed by atoms with Gasteiger partial charge in [0.25, 0.3) is 0 Å². The lowest BCUT2D eigenvalue weighted by molar-refractivity contribution is 0.0240. The maximum atomic E-state index is 12.3. The molecule has 0 saturated heterocycles. The van der Waals surface area contributed by atoms with Crippen LogP contribution in [0.1, 0.15) is 46.1 Å². The molecular weight excluding hydrogens is 443 g/mol. The van der Waals surface area contributed by atoms with Gasteiger partial charge in [-0.1, -0.05) is 19.1 Å². The SMILES string of the molecule is CCc1cccc(NC(N)=NCCN(C(=O)OC(C)(C)C)C2CC2)c1.I. The van der Waals surface area contributed by atoms with Crippen molar-refractivity contribution in [1.29, 1.82) is 0 Å². The van der Waals surface area contributed by atoms with E-state index in [1.165, 1.54) is 5.56 Å². The summed E-state index contributed by atoms with van der Waals surface area (Å²) in [5, 5.41) is 3.10. The summed E-state index contributed by atoms with van der Waals surface area (Å²) in [5.74, 6) is 0.355. The smallest absolute Gasteiger partial charge is 0.410 e. The quantitative estimate of drug-likeness (QED) is 0.371. The molecule has 1 aromatic carbocycles. The third-order valence-electron chi connectivity index (χ3n) is 3.85. The zero-order valence-electron chi connectivity index (χ0n) is 16.1. The number of rotatable bonds is 6. The van der Waals surface area contributed by atoms with E-state index in [0.717, 1.165) is 24.9 Å². The largest absolute Gasteiger partial charge is 0.444 e. The van der Waals surface area contributed by atoms with Crippen molar-refractivity contribution in [3.8, 4) is 0 Å². The van der Waals surface area contributed by atoms with E-state index in [9.17, 15) is 4.79 Å². The first-order chi connectivity index (χ1) is 11.8. The van der Waals surface area contributed by atoms with Crippen molar-refractivity contribution >= 4 is 41.7 Å². The van der Waals surface area contributed by atoms with E-state index in [-0.39, 0.29) is 36.1 Å². The van der Waals surface area contributed by atoms with Gasteiger partial charge in [0.1, 0.15) is 5.60 Å². The summed E-state index contributed by atoms with van der Waals surface area (Å²) < 4.78 is 5.47. The lowest BCUT2D eigenvalue weighted by atomic mass is 10.1. The van der Waals surface area contributed by atoms with Crippen LogP contribution in [-0.4, -0.2) is 41.7 Å². The molecule has 1 amide bonds. The second-order valence-corrected chi connectivity index (χ2v) is 7.35. The Bertz CT molecular complexity index is 624. The van der Waals surface area contributed by atoms with E-state index in [2.05, 4.69) is 29.4 Å². The molecule has 1 saturated carbocycles. The standard InChI is InChI=1S/C19H30N4O2.HI/c1-5-14-7-6-8-15(13-14)22-17(20)21-11-12-23(16-9-10-16)18(24)25-19(2,3)4;/h6-8,13,16H,5,9-12H2,1-4H3,(H3,20,21,22);1H. The number of hydrogen-bond acceptors (Lipinski definition) is 3. The number of carbonyl (C=O) groups excluding carboxylic acids is 1. The maximum absolute atomic E-state index is 12.3. The molecule has 0 radical (unpaired) electrons. The van der Waals surface area contributed by atoms with Crippen LogP contribution in [0, 0.1) is 0 Å². The highest BCUT2D eigenvalue weighted by molar-refractivity contribution is 14.0. The number of nitrogens with one attached hydrogen (secondary N) is 1. The molecule has 2 rings (SSSR count). The van der Waals surface area contributed by atoms with Gasteiger partial charge in [0, 0.05) is 18.3 Å². The number of carbonyl (C=O) groups is 1. The molecule has 26 heavy (non-hydrogen) atoms. The van der Waals surface area contributed by atoms with Gasteiger partial charge in [0.05, 0.1) is 6.54 Å². The molecule has 0 aromatic heterocycles. The normalized spacial score (nSPS) is 14.4. The number of nitrogens with zero attached hydrogens (tertiary/aromatic N) is 2. The van der Waals surface area contributed by atoms with E-state index in [1.54, 1.807) is 4.90 Å². The molecule has 3 N–H and O–H groups in total. The molecule has 1 aromatic rings. The fraction of sp³-hybridized carbons (Fsp3) is 0.579. The van der Waals surface area contributed by atoms with Gasteiger partial charge in [-0.15, -0.1) is 24.0 Å². The Morgan fingerprint density at radius 1 is 1.38 bits per heavy atom. The first-order valence-electron chi connectivity index (χ1n) is 8.94. The van der Waals surface area contributed by atoms with Crippen LogP contribution in [0.15, 0.2) is 29.3 Å². The van der Waals surface area contributed by atoms with Crippen LogP contribution >= 0.6 is 24.0 Å². The first-order valence-corrected chi connectivity index (χ1v) is 8.94. The van der Waals surface area contributed by atoms with E-state index >= 15 is 0 Å². The summed E-state index contributed by atoms with van der Waals surface area (Å²) in [7, 11) is 0.